The molecule has 16 heavy (non-hydrogen) atoms. The Bertz CT molecular complexity index is 405. The Labute approximate surface area is 95.2 Å². The van der Waals surface area contributed by atoms with Crippen molar-refractivity contribution in [3.05, 3.63) is 29.3 Å². The lowest BCUT2D eigenvalue weighted by atomic mass is 10.1. The summed E-state index contributed by atoms with van der Waals surface area (Å²) < 4.78 is 5.30. The van der Waals surface area contributed by atoms with Crippen molar-refractivity contribution in [2.24, 2.45) is 5.73 Å². The van der Waals surface area contributed by atoms with Crippen LogP contribution in [0.15, 0.2) is 18.2 Å². The molecule has 0 aliphatic carbocycles. The molecule has 2 N–H and O–H groups in total. The fourth-order valence-electron chi connectivity index (χ4n) is 1.88. The average molecular weight is 217 g/mol. The topological polar surface area (TPSA) is 62.3 Å². The Morgan fingerprint density at radius 2 is 2.12 bits per heavy atom. The van der Waals surface area contributed by atoms with Crippen molar-refractivity contribution in [1.29, 1.82) is 5.26 Å². The van der Waals surface area contributed by atoms with E-state index in [4.69, 9.17) is 15.7 Å². The summed E-state index contributed by atoms with van der Waals surface area (Å²) in [6, 6.07) is 8.05. The molecule has 2 rings (SSSR count). The minimum absolute atomic E-state index is 0.470. The van der Waals surface area contributed by atoms with E-state index < -0.39 is 0 Å². The molecule has 0 unspecified atom stereocenters. The number of nitriles is 1. The minimum atomic E-state index is 0.470. The number of ether oxygens (including phenoxy) is 1. The highest BCUT2D eigenvalue weighted by Gasteiger charge is 2.14. The monoisotopic (exact) mass is 217 g/mol. The van der Waals surface area contributed by atoms with Crippen molar-refractivity contribution in [3.63, 3.8) is 0 Å². The van der Waals surface area contributed by atoms with E-state index in [-0.39, 0.29) is 0 Å². The van der Waals surface area contributed by atoms with Gasteiger partial charge in [0.25, 0.3) is 0 Å². The first-order valence-electron chi connectivity index (χ1n) is 5.41. The summed E-state index contributed by atoms with van der Waals surface area (Å²) in [4.78, 5) is 2.18. The van der Waals surface area contributed by atoms with Gasteiger partial charge in [0.15, 0.2) is 0 Å². The SMILES string of the molecule is N#Cc1cc(CN)ccc1N1CCOCC1. The summed E-state index contributed by atoms with van der Waals surface area (Å²) >= 11 is 0. The van der Waals surface area contributed by atoms with E-state index in [0.717, 1.165) is 37.6 Å². The van der Waals surface area contributed by atoms with Crippen molar-refractivity contribution in [2.75, 3.05) is 31.2 Å². The quantitative estimate of drug-likeness (QED) is 0.798. The average Bonchev–Trinajstić information content (AvgIpc) is 2.39. The van der Waals surface area contributed by atoms with Gasteiger partial charge in [0.05, 0.1) is 24.5 Å². The first-order valence-corrected chi connectivity index (χ1v) is 5.41. The highest BCUT2D eigenvalue weighted by molar-refractivity contribution is 5.60. The molecule has 4 nitrogen and oxygen atoms in total. The number of nitrogens with two attached hydrogens (primary N) is 1. The zero-order valence-corrected chi connectivity index (χ0v) is 9.15. The lowest BCUT2D eigenvalue weighted by Gasteiger charge is -2.29. The van der Waals surface area contributed by atoms with Crippen molar-refractivity contribution >= 4 is 5.69 Å². The van der Waals surface area contributed by atoms with Gasteiger partial charge >= 0.3 is 0 Å². The highest BCUT2D eigenvalue weighted by atomic mass is 16.5. The van der Waals surface area contributed by atoms with Gasteiger partial charge in [-0.15, -0.1) is 0 Å². The first-order chi connectivity index (χ1) is 7.85. The Morgan fingerprint density at radius 1 is 1.38 bits per heavy atom. The largest absolute Gasteiger partial charge is 0.378 e. The predicted molar refractivity (Wildman–Crippen MR) is 62.1 cm³/mol. The number of hydrogen-bond acceptors (Lipinski definition) is 4. The molecule has 4 heteroatoms. The zero-order valence-electron chi connectivity index (χ0n) is 9.15. The Kier molecular flexibility index (Phi) is 3.40. The van der Waals surface area contributed by atoms with Gasteiger partial charge in [-0.3, -0.25) is 0 Å². The number of nitrogens with zero attached hydrogens (tertiary/aromatic N) is 2. The Morgan fingerprint density at radius 3 is 2.75 bits per heavy atom. The third-order valence-corrected chi connectivity index (χ3v) is 2.77. The molecule has 1 fully saturated rings. The number of benzene rings is 1. The van der Waals surface area contributed by atoms with Crippen LogP contribution in [0.3, 0.4) is 0 Å². The molecule has 1 aliphatic rings. The maximum absolute atomic E-state index is 9.12. The maximum Gasteiger partial charge on any atom is 0.101 e. The Balaban J connectivity index is 2.29. The molecule has 0 bridgehead atoms. The van der Waals surface area contributed by atoms with Gasteiger partial charge in [-0.05, 0) is 17.7 Å². The van der Waals surface area contributed by atoms with Crippen LogP contribution in [0.25, 0.3) is 0 Å². The molecule has 0 radical (unpaired) electrons. The normalized spacial score (nSPS) is 15.9. The standard InChI is InChI=1S/C12H15N3O/c13-8-10-1-2-12(11(7-10)9-14)15-3-5-16-6-4-15/h1-2,7H,3-6,8,13H2. The van der Waals surface area contributed by atoms with Crippen molar-refractivity contribution < 1.29 is 4.74 Å². The van der Waals surface area contributed by atoms with Crippen LogP contribution in [0.2, 0.25) is 0 Å². The molecule has 0 saturated carbocycles. The minimum Gasteiger partial charge on any atom is -0.378 e. The van der Waals surface area contributed by atoms with Crippen LogP contribution in [0.5, 0.6) is 0 Å². The van der Waals surface area contributed by atoms with E-state index in [2.05, 4.69) is 11.0 Å². The van der Waals surface area contributed by atoms with Gasteiger partial charge < -0.3 is 15.4 Å². The van der Waals surface area contributed by atoms with Gasteiger partial charge in [-0.2, -0.15) is 5.26 Å². The molecule has 0 amide bonds. The second kappa shape index (κ2) is 4.97. The number of morpholine rings is 1. The first kappa shape index (κ1) is 10.9. The summed E-state index contributed by atoms with van der Waals surface area (Å²) in [6.07, 6.45) is 0. The van der Waals surface area contributed by atoms with Crippen LogP contribution < -0.4 is 10.6 Å². The molecular weight excluding hydrogens is 202 g/mol. The molecule has 84 valence electrons. The predicted octanol–water partition coefficient (Wildman–Crippen LogP) is 0.854. The summed E-state index contributed by atoms with van der Waals surface area (Å²) in [5.74, 6) is 0. The van der Waals surface area contributed by atoms with E-state index in [1.807, 2.05) is 18.2 Å². The van der Waals surface area contributed by atoms with Crippen molar-refractivity contribution in [3.8, 4) is 6.07 Å². The molecule has 1 saturated heterocycles. The van der Waals surface area contributed by atoms with Crippen LogP contribution in [0.4, 0.5) is 5.69 Å². The van der Waals surface area contributed by atoms with Gasteiger partial charge in [-0.25, -0.2) is 0 Å². The number of rotatable bonds is 2. The summed E-state index contributed by atoms with van der Waals surface area (Å²) in [5.41, 5.74) is 8.24. The van der Waals surface area contributed by atoms with Crippen LogP contribution in [0, 0.1) is 11.3 Å². The molecule has 0 atom stereocenters. The molecular formula is C12H15N3O. The second-order valence-electron chi connectivity index (χ2n) is 3.77. The van der Waals surface area contributed by atoms with Crippen LogP contribution >= 0.6 is 0 Å². The van der Waals surface area contributed by atoms with Gasteiger partial charge in [0.2, 0.25) is 0 Å². The van der Waals surface area contributed by atoms with Gasteiger partial charge in [-0.1, -0.05) is 6.07 Å². The van der Waals surface area contributed by atoms with Crippen LogP contribution in [0.1, 0.15) is 11.1 Å². The summed E-state index contributed by atoms with van der Waals surface area (Å²) in [5, 5.41) is 9.12. The highest BCUT2D eigenvalue weighted by Crippen LogP contribution is 2.22. The maximum atomic E-state index is 9.12. The molecule has 1 aromatic carbocycles. The molecule has 1 aromatic rings. The van der Waals surface area contributed by atoms with Crippen LogP contribution in [-0.4, -0.2) is 26.3 Å². The summed E-state index contributed by atoms with van der Waals surface area (Å²) in [7, 11) is 0. The van der Waals surface area contributed by atoms with Crippen molar-refractivity contribution in [2.45, 2.75) is 6.54 Å². The van der Waals surface area contributed by atoms with E-state index in [9.17, 15) is 0 Å². The van der Waals surface area contributed by atoms with E-state index in [1.165, 1.54) is 0 Å². The third-order valence-electron chi connectivity index (χ3n) is 2.77. The molecule has 1 aliphatic heterocycles. The van der Waals surface area contributed by atoms with E-state index in [0.29, 0.717) is 12.1 Å². The lowest BCUT2D eigenvalue weighted by molar-refractivity contribution is 0.122. The zero-order chi connectivity index (χ0) is 11.4. The van der Waals surface area contributed by atoms with E-state index in [1.54, 1.807) is 0 Å². The molecule has 0 spiro atoms. The fourth-order valence-corrected chi connectivity index (χ4v) is 1.88. The second-order valence-corrected chi connectivity index (χ2v) is 3.77. The lowest BCUT2D eigenvalue weighted by Crippen LogP contribution is -2.36. The number of hydrogen-bond donors (Lipinski definition) is 1. The fraction of sp³-hybridized carbons (Fsp3) is 0.417. The third kappa shape index (κ3) is 2.16. The molecule has 0 aromatic heterocycles. The van der Waals surface area contributed by atoms with Crippen LogP contribution in [-0.2, 0) is 11.3 Å². The Hall–Kier alpha value is -1.57. The van der Waals surface area contributed by atoms with Gasteiger partial charge in [0.1, 0.15) is 6.07 Å². The van der Waals surface area contributed by atoms with Gasteiger partial charge in [0, 0.05) is 19.6 Å². The van der Waals surface area contributed by atoms with E-state index >= 15 is 0 Å². The molecule has 1 heterocycles. The number of anilines is 1. The van der Waals surface area contributed by atoms with Crippen molar-refractivity contribution in [1.82, 2.24) is 0 Å². The smallest absolute Gasteiger partial charge is 0.101 e. The summed E-state index contributed by atoms with van der Waals surface area (Å²) in [6.45, 7) is 3.61.